The molecule has 2 fully saturated rings. The average Bonchev–Trinajstić information content (AvgIpc) is 2.46. The lowest BCUT2D eigenvalue weighted by Crippen LogP contribution is -2.40. The Balaban J connectivity index is 2.30. The van der Waals surface area contributed by atoms with Crippen LogP contribution in [0.4, 0.5) is 0 Å². The fourth-order valence-corrected chi connectivity index (χ4v) is 11.1. The monoisotopic (exact) mass is 352 g/mol. The van der Waals surface area contributed by atoms with E-state index in [1.165, 1.54) is 38.5 Å². The van der Waals surface area contributed by atoms with Crippen LogP contribution in [-0.2, 0) is 0 Å². The van der Waals surface area contributed by atoms with Crippen molar-refractivity contribution in [2.24, 2.45) is 35.5 Å². The third kappa shape index (κ3) is 4.78. The van der Waals surface area contributed by atoms with E-state index < -0.39 is 0 Å². The normalized spacial score (nSPS) is 39.6. The average molecular weight is 353 g/mol. The molecule has 0 spiro atoms. The fourth-order valence-electron chi connectivity index (χ4n) is 6.00. The van der Waals surface area contributed by atoms with Crippen LogP contribution >= 0.6 is 7.92 Å². The Bertz CT molecular complexity index is 340. The van der Waals surface area contributed by atoms with Crippen molar-refractivity contribution < 1.29 is 0 Å². The molecule has 6 unspecified atom stereocenters. The van der Waals surface area contributed by atoms with Crippen LogP contribution in [-0.4, -0.2) is 17.0 Å². The maximum Gasteiger partial charge on any atom is -0.0171 e. The van der Waals surface area contributed by atoms with Gasteiger partial charge in [-0.3, -0.25) is 0 Å². The summed E-state index contributed by atoms with van der Waals surface area (Å²) in [5.74, 6) is 5.69. The number of hydrogen-bond donors (Lipinski definition) is 0. The van der Waals surface area contributed by atoms with E-state index in [0.717, 1.165) is 52.5 Å². The Morgan fingerprint density at radius 3 is 1.29 bits per heavy atom. The first-order chi connectivity index (χ1) is 11.2. The molecule has 6 atom stereocenters. The quantitative estimate of drug-likeness (QED) is 0.443. The summed E-state index contributed by atoms with van der Waals surface area (Å²) in [5, 5.41) is 0. The van der Waals surface area contributed by atoms with Crippen molar-refractivity contribution in [1.82, 2.24) is 0 Å². The van der Waals surface area contributed by atoms with E-state index in [4.69, 9.17) is 0 Å². The second-order valence-electron chi connectivity index (χ2n) is 10.3. The Hall–Kier alpha value is 0.430. The van der Waals surface area contributed by atoms with Crippen molar-refractivity contribution >= 4 is 7.92 Å². The number of hydrogen-bond acceptors (Lipinski definition) is 0. The van der Waals surface area contributed by atoms with Gasteiger partial charge in [0.25, 0.3) is 0 Å². The maximum atomic E-state index is 2.57. The molecule has 0 N–H and O–H groups in total. The van der Waals surface area contributed by atoms with Gasteiger partial charge in [0.1, 0.15) is 0 Å². The van der Waals surface area contributed by atoms with Gasteiger partial charge in [-0.2, -0.15) is 0 Å². The first-order valence-corrected chi connectivity index (χ1v) is 12.5. The SMILES string of the molecule is CC1CCC(C(C)C)C(P(C(C)C)C2CC(C)CCC2C(C)C)C1. The van der Waals surface area contributed by atoms with Gasteiger partial charge in [0.2, 0.25) is 0 Å². The third-order valence-corrected chi connectivity index (χ3v) is 11.2. The zero-order chi connectivity index (χ0) is 18.0. The summed E-state index contributed by atoms with van der Waals surface area (Å²) in [6.45, 7) is 20.2. The molecule has 0 aromatic carbocycles. The van der Waals surface area contributed by atoms with Crippen LogP contribution in [0.2, 0.25) is 0 Å². The van der Waals surface area contributed by atoms with Crippen molar-refractivity contribution in [2.45, 2.75) is 111 Å². The molecule has 0 radical (unpaired) electrons. The molecular formula is C23H45P. The first kappa shape index (κ1) is 20.7. The summed E-state index contributed by atoms with van der Waals surface area (Å²) < 4.78 is 0. The van der Waals surface area contributed by atoms with Gasteiger partial charge in [0.15, 0.2) is 0 Å². The Kier molecular flexibility index (Phi) is 7.67. The summed E-state index contributed by atoms with van der Waals surface area (Å²) in [6.07, 6.45) is 9.03. The Labute approximate surface area is 154 Å². The molecule has 0 aromatic rings. The van der Waals surface area contributed by atoms with Crippen molar-refractivity contribution in [3.05, 3.63) is 0 Å². The molecule has 0 nitrogen and oxygen atoms in total. The first-order valence-electron chi connectivity index (χ1n) is 11.0. The highest BCUT2D eigenvalue weighted by Gasteiger charge is 2.44. The lowest BCUT2D eigenvalue weighted by atomic mass is 9.76. The van der Waals surface area contributed by atoms with Crippen molar-refractivity contribution in [2.75, 3.05) is 0 Å². The molecule has 2 rings (SSSR count). The summed E-state index contributed by atoms with van der Waals surface area (Å²) in [6, 6.07) is 0. The number of rotatable bonds is 5. The Morgan fingerprint density at radius 2 is 1.00 bits per heavy atom. The van der Waals surface area contributed by atoms with E-state index in [-0.39, 0.29) is 7.92 Å². The second kappa shape index (κ2) is 8.88. The highest BCUT2D eigenvalue weighted by atomic mass is 31.1. The standard InChI is InChI=1S/C23H45P/c1-15(2)20-11-9-18(7)13-22(20)24(17(5)6)23-14-19(8)10-12-21(23)16(3)4/h15-23H,9-14H2,1-8H3. The largest absolute Gasteiger partial charge is 0.0971 e. The highest BCUT2D eigenvalue weighted by Crippen LogP contribution is 2.63. The van der Waals surface area contributed by atoms with Gasteiger partial charge in [0, 0.05) is 0 Å². The molecule has 0 saturated heterocycles. The van der Waals surface area contributed by atoms with Gasteiger partial charge in [0.05, 0.1) is 0 Å². The molecule has 2 saturated carbocycles. The van der Waals surface area contributed by atoms with E-state index >= 15 is 0 Å². The zero-order valence-electron chi connectivity index (χ0n) is 17.9. The van der Waals surface area contributed by atoms with Gasteiger partial charge in [-0.1, -0.05) is 76.2 Å². The predicted molar refractivity (Wildman–Crippen MR) is 112 cm³/mol. The molecule has 0 heterocycles. The minimum atomic E-state index is 0.147. The fraction of sp³-hybridized carbons (Fsp3) is 1.00. The van der Waals surface area contributed by atoms with Gasteiger partial charge in [-0.15, -0.1) is 0 Å². The summed E-state index contributed by atoms with van der Waals surface area (Å²) in [4.78, 5) is 0. The van der Waals surface area contributed by atoms with E-state index in [1.807, 2.05) is 0 Å². The third-order valence-electron chi connectivity index (χ3n) is 7.34. The van der Waals surface area contributed by atoms with Gasteiger partial charge in [-0.25, -0.2) is 0 Å². The van der Waals surface area contributed by atoms with E-state index in [9.17, 15) is 0 Å². The smallest absolute Gasteiger partial charge is 0.0171 e. The van der Waals surface area contributed by atoms with Crippen LogP contribution in [0.1, 0.15) is 93.9 Å². The van der Waals surface area contributed by atoms with E-state index in [1.54, 1.807) is 0 Å². The van der Waals surface area contributed by atoms with E-state index in [0.29, 0.717) is 0 Å². The molecule has 0 aromatic heterocycles. The molecular weight excluding hydrogens is 307 g/mol. The minimum Gasteiger partial charge on any atom is -0.0971 e. The van der Waals surface area contributed by atoms with Crippen molar-refractivity contribution in [3.63, 3.8) is 0 Å². The van der Waals surface area contributed by atoms with Crippen LogP contribution in [0.25, 0.3) is 0 Å². The summed E-state index contributed by atoms with van der Waals surface area (Å²) in [7, 11) is 0.147. The summed E-state index contributed by atoms with van der Waals surface area (Å²) >= 11 is 0. The van der Waals surface area contributed by atoms with Crippen molar-refractivity contribution in [1.29, 1.82) is 0 Å². The zero-order valence-corrected chi connectivity index (χ0v) is 18.8. The molecule has 1 heteroatoms. The maximum absolute atomic E-state index is 2.57. The van der Waals surface area contributed by atoms with Crippen LogP contribution < -0.4 is 0 Å². The summed E-state index contributed by atoms with van der Waals surface area (Å²) in [5.41, 5.74) is 2.99. The lowest BCUT2D eigenvalue weighted by molar-refractivity contribution is 0.222. The molecule has 142 valence electrons. The van der Waals surface area contributed by atoms with Gasteiger partial charge >= 0.3 is 0 Å². The topological polar surface area (TPSA) is 0 Å². The van der Waals surface area contributed by atoms with E-state index in [2.05, 4.69) is 55.4 Å². The van der Waals surface area contributed by atoms with Crippen LogP contribution in [0.15, 0.2) is 0 Å². The van der Waals surface area contributed by atoms with Crippen LogP contribution in [0, 0.1) is 35.5 Å². The Morgan fingerprint density at radius 1 is 0.625 bits per heavy atom. The van der Waals surface area contributed by atoms with Gasteiger partial charge < -0.3 is 0 Å². The molecule has 2 aliphatic carbocycles. The van der Waals surface area contributed by atoms with Crippen molar-refractivity contribution in [3.8, 4) is 0 Å². The predicted octanol–water partition coefficient (Wildman–Crippen LogP) is 7.80. The van der Waals surface area contributed by atoms with Crippen LogP contribution in [0.3, 0.4) is 0 Å². The lowest BCUT2D eigenvalue weighted by Gasteiger charge is -2.51. The molecule has 2 aliphatic rings. The molecule has 0 bridgehead atoms. The van der Waals surface area contributed by atoms with Gasteiger partial charge in [-0.05, 0) is 78.2 Å². The van der Waals surface area contributed by atoms with Crippen LogP contribution in [0.5, 0.6) is 0 Å². The molecule has 0 amide bonds. The second-order valence-corrected chi connectivity index (χ2v) is 13.6. The molecule has 0 aliphatic heterocycles. The minimum absolute atomic E-state index is 0.147. The molecule has 24 heavy (non-hydrogen) atoms. The highest BCUT2D eigenvalue weighted by molar-refractivity contribution is 7.59.